The van der Waals surface area contributed by atoms with E-state index in [-0.39, 0.29) is 11.1 Å². The summed E-state index contributed by atoms with van der Waals surface area (Å²) in [6.07, 6.45) is -0.244. The Morgan fingerprint density at radius 2 is 2.07 bits per heavy atom. The van der Waals surface area contributed by atoms with Gasteiger partial charge in [0.25, 0.3) is 0 Å². The monoisotopic (exact) mass is 232 g/mol. The zero-order chi connectivity index (χ0) is 12.6. The van der Waals surface area contributed by atoms with E-state index in [1.54, 1.807) is 13.8 Å². The number of rotatable bonds is 3. The van der Waals surface area contributed by atoms with Crippen LogP contribution >= 0.6 is 0 Å². The lowest BCUT2D eigenvalue weighted by molar-refractivity contribution is 0.373. The van der Waals surface area contributed by atoms with Gasteiger partial charge < -0.3 is 9.08 Å². The predicted octanol–water partition coefficient (Wildman–Crippen LogP) is 1.36. The molecule has 15 heavy (non-hydrogen) atoms. The van der Waals surface area contributed by atoms with Gasteiger partial charge in [-0.3, -0.25) is 0 Å². The molecule has 0 amide bonds. The minimum Gasteiger partial charge on any atom is -0.598 e. The molecule has 5 nitrogen and oxygen atoms in total. The Hall–Kier alpha value is -0.590. The lowest BCUT2D eigenvalue weighted by Gasteiger charge is -2.30. The van der Waals surface area contributed by atoms with Crippen LogP contribution in [0.3, 0.4) is 0 Å². The Morgan fingerprint density at radius 3 is 2.47 bits per heavy atom. The van der Waals surface area contributed by atoms with E-state index in [4.69, 9.17) is 1.37 Å². The van der Waals surface area contributed by atoms with Gasteiger partial charge in [-0.15, -0.1) is 4.72 Å². The summed E-state index contributed by atoms with van der Waals surface area (Å²) in [7, 11) is 0. The highest BCUT2D eigenvalue weighted by molar-refractivity contribution is 7.90. The first kappa shape index (κ1) is 10.9. The molecule has 6 heteroatoms. The van der Waals surface area contributed by atoms with E-state index in [2.05, 4.69) is 19.4 Å². The predicted molar refractivity (Wildman–Crippen MR) is 58.4 cm³/mol. The summed E-state index contributed by atoms with van der Waals surface area (Å²) in [6.45, 7) is 9.21. The fourth-order valence-electron chi connectivity index (χ4n) is 0.832. The molecule has 1 aromatic heterocycles. The molecule has 0 aliphatic heterocycles. The van der Waals surface area contributed by atoms with Gasteiger partial charge in [0.05, 0.1) is 0 Å². The minimum atomic E-state index is -1.23. The third-order valence-corrected chi connectivity index (χ3v) is 3.60. The summed E-state index contributed by atoms with van der Waals surface area (Å²) >= 11 is -1.23. The van der Waals surface area contributed by atoms with Gasteiger partial charge in [0.1, 0.15) is 11.7 Å². The SMILES string of the molecule is [2H]c1nc(C(C)(C)N[S+]([O-])C(C)(C)C)no1. The van der Waals surface area contributed by atoms with Crippen molar-refractivity contribution in [2.24, 2.45) is 0 Å². The number of hydrogen-bond donors (Lipinski definition) is 1. The van der Waals surface area contributed by atoms with E-state index in [0.29, 0.717) is 5.82 Å². The smallest absolute Gasteiger partial charge is 0.213 e. The Bertz CT molecular complexity index is 362. The average molecular weight is 232 g/mol. The Balaban J connectivity index is 2.80. The van der Waals surface area contributed by atoms with Crippen molar-refractivity contribution in [3.63, 3.8) is 0 Å². The summed E-state index contributed by atoms with van der Waals surface area (Å²) in [5.74, 6) is 0.329. The number of nitrogens with zero attached hydrogens (tertiary/aromatic N) is 2. The molecule has 0 spiro atoms. The molecule has 1 rings (SSSR count). The summed E-state index contributed by atoms with van der Waals surface area (Å²) in [5.41, 5.74) is -0.694. The third-order valence-electron chi connectivity index (χ3n) is 1.79. The lowest BCUT2D eigenvalue weighted by Crippen LogP contribution is -2.48. The van der Waals surface area contributed by atoms with Gasteiger partial charge in [-0.25, -0.2) is 0 Å². The third kappa shape index (κ3) is 3.19. The summed E-state index contributed by atoms with van der Waals surface area (Å²) in [4.78, 5) is 3.81. The highest BCUT2D eigenvalue weighted by Gasteiger charge is 2.36. The van der Waals surface area contributed by atoms with Gasteiger partial charge >= 0.3 is 0 Å². The Labute approximate surface area is 94.4 Å². The van der Waals surface area contributed by atoms with Crippen molar-refractivity contribution < 1.29 is 10.4 Å². The van der Waals surface area contributed by atoms with Crippen LogP contribution in [0.25, 0.3) is 0 Å². The molecule has 1 atom stereocenters. The summed E-state index contributed by atoms with van der Waals surface area (Å²) in [6, 6.07) is 0. The standard InChI is InChI=1S/C9H17N3O2S/c1-8(2,3)15(13)12-9(4,5)7-10-6-14-11-7/h6,12H,1-5H3/i6D. The molecule has 0 radical (unpaired) electrons. The zero-order valence-corrected chi connectivity index (χ0v) is 10.4. The molecule has 1 heterocycles. The molecule has 0 bridgehead atoms. The fraction of sp³-hybridized carbons (Fsp3) is 0.778. The van der Waals surface area contributed by atoms with E-state index < -0.39 is 16.9 Å². The van der Waals surface area contributed by atoms with Crippen LogP contribution in [0, 0.1) is 0 Å². The maximum Gasteiger partial charge on any atom is 0.213 e. The zero-order valence-electron chi connectivity index (χ0n) is 10.6. The van der Waals surface area contributed by atoms with Crippen molar-refractivity contribution in [2.45, 2.75) is 44.9 Å². The maximum atomic E-state index is 11.9. The second kappa shape index (κ2) is 4.11. The van der Waals surface area contributed by atoms with Gasteiger partial charge in [-0.1, -0.05) is 5.16 Å². The van der Waals surface area contributed by atoms with Crippen molar-refractivity contribution in [3.05, 3.63) is 12.2 Å². The highest BCUT2D eigenvalue weighted by Crippen LogP contribution is 2.22. The van der Waals surface area contributed by atoms with Crippen molar-refractivity contribution in [1.29, 1.82) is 0 Å². The quantitative estimate of drug-likeness (QED) is 0.796. The molecule has 0 aliphatic rings. The molecule has 0 saturated carbocycles. The van der Waals surface area contributed by atoms with Crippen molar-refractivity contribution >= 4 is 11.4 Å². The van der Waals surface area contributed by atoms with E-state index in [0.717, 1.165) is 0 Å². The molecular formula is C9H17N3O2S. The lowest BCUT2D eigenvalue weighted by atomic mass is 10.1. The Morgan fingerprint density at radius 1 is 1.47 bits per heavy atom. The van der Waals surface area contributed by atoms with Crippen LogP contribution in [-0.2, 0) is 16.9 Å². The molecule has 0 aliphatic carbocycles. The minimum absolute atomic E-state index is 0.244. The van der Waals surface area contributed by atoms with E-state index in [1.165, 1.54) is 0 Å². The highest BCUT2D eigenvalue weighted by atomic mass is 32.2. The van der Waals surface area contributed by atoms with Gasteiger partial charge in [0.15, 0.2) is 5.82 Å². The number of nitrogens with one attached hydrogen (secondary N) is 1. The first-order valence-corrected chi connectivity index (χ1v) is 5.78. The van der Waals surface area contributed by atoms with Gasteiger partial charge in [-0.05, 0) is 34.6 Å². The van der Waals surface area contributed by atoms with Crippen LogP contribution in [-0.4, -0.2) is 19.4 Å². The van der Waals surface area contributed by atoms with Gasteiger partial charge in [0, 0.05) is 11.4 Å². The van der Waals surface area contributed by atoms with Crippen LogP contribution in [0.2, 0.25) is 0 Å². The Kier molecular flexibility index (Phi) is 2.99. The molecule has 1 aromatic rings. The topological polar surface area (TPSA) is 74.0 Å². The first-order valence-electron chi connectivity index (χ1n) is 5.13. The number of aromatic nitrogens is 2. The van der Waals surface area contributed by atoms with Crippen LogP contribution in [0.15, 0.2) is 10.9 Å². The van der Waals surface area contributed by atoms with Crippen LogP contribution in [0.5, 0.6) is 0 Å². The molecular weight excluding hydrogens is 214 g/mol. The average Bonchev–Trinajstić information content (AvgIpc) is 2.49. The molecule has 0 fully saturated rings. The van der Waals surface area contributed by atoms with E-state index in [1.807, 2.05) is 20.8 Å². The van der Waals surface area contributed by atoms with Crippen molar-refractivity contribution in [3.8, 4) is 0 Å². The van der Waals surface area contributed by atoms with E-state index in [9.17, 15) is 4.55 Å². The largest absolute Gasteiger partial charge is 0.598 e. The van der Waals surface area contributed by atoms with Gasteiger partial charge in [0.2, 0.25) is 6.37 Å². The molecule has 0 aromatic carbocycles. The number of hydrogen-bond acceptors (Lipinski definition) is 5. The fourth-order valence-corrected chi connectivity index (χ4v) is 1.69. The molecule has 1 unspecified atom stereocenters. The summed E-state index contributed by atoms with van der Waals surface area (Å²) < 4.78 is 26.2. The van der Waals surface area contributed by atoms with Crippen LogP contribution in [0.4, 0.5) is 0 Å². The summed E-state index contributed by atoms with van der Waals surface area (Å²) in [5, 5.41) is 3.65. The normalized spacial score (nSPS) is 16.3. The van der Waals surface area contributed by atoms with Gasteiger partial charge in [-0.2, -0.15) is 4.98 Å². The molecule has 86 valence electrons. The van der Waals surface area contributed by atoms with Crippen LogP contribution in [0.1, 0.15) is 41.8 Å². The second-order valence-corrected chi connectivity index (χ2v) is 6.78. The first-order chi connectivity index (χ1) is 7.13. The second-order valence-electron chi connectivity index (χ2n) is 4.82. The van der Waals surface area contributed by atoms with Crippen molar-refractivity contribution in [1.82, 2.24) is 14.9 Å². The molecule has 0 saturated heterocycles. The van der Waals surface area contributed by atoms with E-state index >= 15 is 0 Å². The van der Waals surface area contributed by atoms with Crippen LogP contribution < -0.4 is 4.72 Å². The molecule has 1 N–H and O–H groups in total. The maximum absolute atomic E-state index is 11.9. The van der Waals surface area contributed by atoms with Crippen molar-refractivity contribution in [2.75, 3.05) is 0 Å².